The molecule has 6 nitrogen and oxygen atoms in total. The summed E-state index contributed by atoms with van der Waals surface area (Å²) >= 11 is 0. The van der Waals surface area contributed by atoms with Crippen molar-refractivity contribution in [3.63, 3.8) is 0 Å². The molecule has 2 atom stereocenters. The van der Waals surface area contributed by atoms with Crippen LogP contribution in [-0.4, -0.2) is 54.0 Å². The molecule has 0 saturated carbocycles. The van der Waals surface area contributed by atoms with Crippen LogP contribution in [0.3, 0.4) is 0 Å². The first-order valence-corrected chi connectivity index (χ1v) is 7.97. The third-order valence-electron chi connectivity index (χ3n) is 4.05. The summed E-state index contributed by atoms with van der Waals surface area (Å²) < 4.78 is 5.30. The standard InChI is InChI=1S/C17H25N3O3/c1-13(18)16(21)20-10-6-9-15(20)11-19(2)17(22)23-12-14-7-4-3-5-8-14/h3-5,7-8,13,15H,6,9-12,18H2,1-2H3/t13-,15+/m0/s1. The third-order valence-corrected chi connectivity index (χ3v) is 4.05. The Morgan fingerprint density at radius 1 is 1.39 bits per heavy atom. The first-order valence-electron chi connectivity index (χ1n) is 7.97. The fourth-order valence-corrected chi connectivity index (χ4v) is 2.80. The molecule has 1 heterocycles. The van der Waals surface area contributed by atoms with Gasteiger partial charge in [0.2, 0.25) is 5.91 Å². The molecule has 0 bridgehead atoms. The Balaban J connectivity index is 1.84. The molecule has 2 amide bonds. The van der Waals surface area contributed by atoms with Crippen molar-refractivity contribution in [2.75, 3.05) is 20.1 Å². The molecule has 0 unspecified atom stereocenters. The van der Waals surface area contributed by atoms with Gasteiger partial charge in [-0.3, -0.25) is 4.79 Å². The van der Waals surface area contributed by atoms with E-state index in [4.69, 9.17) is 10.5 Å². The maximum atomic E-state index is 12.1. The van der Waals surface area contributed by atoms with Gasteiger partial charge in [-0.1, -0.05) is 30.3 Å². The van der Waals surface area contributed by atoms with Crippen LogP contribution in [0.5, 0.6) is 0 Å². The summed E-state index contributed by atoms with van der Waals surface area (Å²) in [7, 11) is 1.69. The van der Waals surface area contributed by atoms with Gasteiger partial charge in [0.25, 0.3) is 0 Å². The van der Waals surface area contributed by atoms with Crippen molar-refractivity contribution in [1.82, 2.24) is 9.80 Å². The lowest BCUT2D eigenvalue weighted by Gasteiger charge is -2.29. The molecule has 2 N–H and O–H groups in total. The number of likely N-dealkylation sites (N-methyl/N-ethyl adjacent to an activating group) is 1. The fourth-order valence-electron chi connectivity index (χ4n) is 2.80. The zero-order valence-corrected chi connectivity index (χ0v) is 13.8. The van der Waals surface area contributed by atoms with Crippen molar-refractivity contribution in [3.05, 3.63) is 35.9 Å². The van der Waals surface area contributed by atoms with Gasteiger partial charge in [0.15, 0.2) is 0 Å². The van der Waals surface area contributed by atoms with E-state index >= 15 is 0 Å². The van der Waals surface area contributed by atoms with E-state index in [1.165, 1.54) is 4.90 Å². The molecule has 1 aromatic rings. The highest BCUT2D eigenvalue weighted by Gasteiger charge is 2.31. The summed E-state index contributed by atoms with van der Waals surface area (Å²) in [6.45, 7) is 3.11. The number of nitrogens with zero attached hydrogens (tertiary/aromatic N) is 2. The van der Waals surface area contributed by atoms with Crippen molar-refractivity contribution < 1.29 is 14.3 Å². The number of nitrogens with two attached hydrogens (primary N) is 1. The molecule has 1 aliphatic rings. The van der Waals surface area contributed by atoms with Gasteiger partial charge < -0.3 is 20.3 Å². The molecule has 1 saturated heterocycles. The minimum absolute atomic E-state index is 0.0165. The number of likely N-dealkylation sites (tertiary alicyclic amines) is 1. The SMILES string of the molecule is C[C@H](N)C(=O)N1CCC[C@@H]1CN(C)C(=O)OCc1ccccc1. The molecule has 1 aromatic carbocycles. The second-order valence-electron chi connectivity index (χ2n) is 6.04. The predicted octanol–water partition coefficient (Wildman–Crippen LogP) is 1.59. The molecule has 1 fully saturated rings. The summed E-state index contributed by atoms with van der Waals surface area (Å²) in [6.07, 6.45) is 1.44. The molecule has 0 aliphatic carbocycles. The van der Waals surface area contributed by atoms with E-state index in [2.05, 4.69) is 0 Å². The van der Waals surface area contributed by atoms with Crippen LogP contribution >= 0.6 is 0 Å². The number of ether oxygens (including phenoxy) is 1. The van der Waals surface area contributed by atoms with Crippen LogP contribution < -0.4 is 5.73 Å². The normalized spacial score (nSPS) is 18.6. The first kappa shape index (κ1) is 17.3. The molecule has 0 radical (unpaired) electrons. The van der Waals surface area contributed by atoms with E-state index in [-0.39, 0.29) is 24.6 Å². The van der Waals surface area contributed by atoms with Gasteiger partial charge >= 0.3 is 6.09 Å². The van der Waals surface area contributed by atoms with Crippen LogP contribution in [0.15, 0.2) is 30.3 Å². The highest BCUT2D eigenvalue weighted by Crippen LogP contribution is 2.19. The minimum atomic E-state index is -0.508. The number of carbonyl (C=O) groups excluding carboxylic acids is 2. The highest BCUT2D eigenvalue weighted by atomic mass is 16.6. The number of rotatable bonds is 5. The van der Waals surface area contributed by atoms with Crippen molar-refractivity contribution in [2.24, 2.45) is 5.73 Å². The summed E-state index contributed by atoms with van der Waals surface area (Å²) in [5, 5.41) is 0. The summed E-state index contributed by atoms with van der Waals surface area (Å²) in [4.78, 5) is 27.5. The predicted molar refractivity (Wildman–Crippen MR) is 87.6 cm³/mol. The topological polar surface area (TPSA) is 75.9 Å². The van der Waals surface area contributed by atoms with Crippen LogP contribution in [0.2, 0.25) is 0 Å². The number of carbonyl (C=O) groups is 2. The lowest BCUT2D eigenvalue weighted by molar-refractivity contribution is -0.133. The monoisotopic (exact) mass is 319 g/mol. The van der Waals surface area contributed by atoms with Gasteiger partial charge in [0.05, 0.1) is 6.04 Å². The van der Waals surface area contributed by atoms with Gasteiger partial charge in [-0.25, -0.2) is 4.79 Å². The Morgan fingerprint density at radius 2 is 2.09 bits per heavy atom. The summed E-state index contributed by atoms with van der Waals surface area (Å²) in [6, 6.07) is 9.06. The average Bonchev–Trinajstić information content (AvgIpc) is 3.00. The van der Waals surface area contributed by atoms with Crippen LogP contribution in [0.25, 0.3) is 0 Å². The van der Waals surface area contributed by atoms with E-state index in [1.54, 1.807) is 18.9 Å². The highest BCUT2D eigenvalue weighted by molar-refractivity contribution is 5.81. The zero-order chi connectivity index (χ0) is 16.8. The number of benzene rings is 1. The van der Waals surface area contributed by atoms with Crippen LogP contribution in [0.4, 0.5) is 4.79 Å². The molecule has 6 heteroatoms. The molecule has 126 valence electrons. The van der Waals surface area contributed by atoms with Crippen molar-refractivity contribution in [1.29, 1.82) is 0 Å². The molecule has 23 heavy (non-hydrogen) atoms. The molecule has 0 aromatic heterocycles. The second kappa shape index (κ2) is 7.97. The van der Waals surface area contributed by atoms with Crippen LogP contribution in [0, 0.1) is 0 Å². The second-order valence-corrected chi connectivity index (χ2v) is 6.04. The Kier molecular flexibility index (Phi) is 5.98. The summed E-state index contributed by atoms with van der Waals surface area (Å²) in [5.74, 6) is -0.0569. The Bertz CT molecular complexity index is 533. The van der Waals surface area contributed by atoms with E-state index in [1.807, 2.05) is 30.3 Å². The van der Waals surface area contributed by atoms with Crippen molar-refractivity contribution >= 4 is 12.0 Å². The number of hydrogen-bond donors (Lipinski definition) is 1. The maximum absolute atomic E-state index is 12.1. The molecular formula is C17H25N3O3. The Morgan fingerprint density at radius 3 is 2.74 bits per heavy atom. The fraction of sp³-hybridized carbons (Fsp3) is 0.529. The lowest BCUT2D eigenvalue weighted by Crippen LogP contribution is -2.48. The molecule has 1 aliphatic heterocycles. The van der Waals surface area contributed by atoms with Gasteiger partial charge in [-0.05, 0) is 25.3 Å². The molecular weight excluding hydrogens is 294 g/mol. The number of amides is 2. The van der Waals surface area contributed by atoms with Gasteiger partial charge in [-0.2, -0.15) is 0 Å². The van der Waals surface area contributed by atoms with Crippen molar-refractivity contribution in [3.8, 4) is 0 Å². The minimum Gasteiger partial charge on any atom is -0.445 e. The average molecular weight is 319 g/mol. The van der Waals surface area contributed by atoms with E-state index in [0.29, 0.717) is 13.1 Å². The lowest BCUT2D eigenvalue weighted by atomic mass is 10.2. The summed E-state index contributed by atoms with van der Waals surface area (Å²) in [5.41, 5.74) is 6.63. The van der Waals surface area contributed by atoms with E-state index in [0.717, 1.165) is 18.4 Å². The molecule has 0 spiro atoms. The largest absolute Gasteiger partial charge is 0.445 e. The van der Waals surface area contributed by atoms with E-state index < -0.39 is 6.04 Å². The van der Waals surface area contributed by atoms with Gasteiger partial charge in [0.1, 0.15) is 6.61 Å². The zero-order valence-electron chi connectivity index (χ0n) is 13.8. The maximum Gasteiger partial charge on any atom is 0.409 e. The Labute approximate surface area is 137 Å². The Hall–Kier alpha value is -2.08. The first-order chi connectivity index (χ1) is 11.0. The van der Waals surface area contributed by atoms with Crippen molar-refractivity contribution in [2.45, 2.75) is 38.5 Å². The third kappa shape index (κ3) is 4.69. The smallest absolute Gasteiger partial charge is 0.409 e. The van der Waals surface area contributed by atoms with Crippen LogP contribution in [-0.2, 0) is 16.1 Å². The van der Waals surface area contributed by atoms with Crippen LogP contribution in [0.1, 0.15) is 25.3 Å². The quantitative estimate of drug-likeness (QED) is 0.894. The number of hydrogen-bond acceptors (Lipinski definition) is 4. The van der Waals surface area contributed by atoms with Gasteiger partial charge in [-0.15, -0.1) is 0 Å². The van der Waals surface area contributed by atoms with E-state index in [9.17, 15) is 9.59 Å². The molecule has 2 rings (SSSR count). The van der Waals surface area contributed by atoms with Gasteiger partial charge in [0, 0.05) is 26.2 Å².